The van der Waals surface area contributed by atoms with Crippen molar-refractivity contribution in [3.05, 3.63) is 0 Å². The summed E-state index contributed by atoms with van der Waals surface area (Å²) in [7, 11) is 0. The van der Waals surface area contributed by atoms with Crippen LogP contribution in [0, 0.1) is 0 Å². The monoisotopic (exact) mass is 309 g/mol. The first-order chi connectivity index (χ1) is 10.2. The fraction of sp³-hybridized carbons (Fsp3) is 1.00. The summed E-state index contributed by atoms with van der Waals surface area (Å²) in [6.07, 6.45) is 0. The van der Waals surface area contributed by atoms with E-state index in [4.69, 9.17) is 34.4 Å². The summed E-state index contributed by atoms with van der Waals surface area (Å²) in [5, 5.41) is 9.37. The van der Waals surface area contributed by atoms with E-state index in [-0.39, 0.29) is 0 Å². The van der Waals surface area contributed by atoms with Crippen LogP contribution < -0.4 is 50.4 Å². The zero-order valence-corrected chi connectivity index (χ0v) is 13.4. The van der Waals surface area contributed by atoms with Crippen LogP contribution in [0.3, 0.4) is 0 Å². The molecule has 15 N–H and O–H groups in total. The minimum Gasteiger partial charge on any atom is -0.329 e. The Morgan fingerprint density at radius 1 is 0.333 bits per heavy atom. The fourth-order valence-corrected chi connectivity index (χ4v) is 0.960. The molecule has 0 aliphatic carbocycles. The van der Waals surface area contributed by atoms with Gasteiger partial charge in [0.1, 0.15) is 0 Å². The first-order valence-corrected chi connectivity index (χ1v) is 7.57. The predicted molar refractivity (Wildman–Crippen MR) is 92.9 cm³/mol. The molecule has 9 nitrogen and oxygen atoms in total. The molecule has 0 spiro atoms. The van der Waals surface area contributed by atoms with Crippen LogP contribution in [-0.2, 0) is 0 Å². The standard InChI is InChI=1S/C6H18N4.C4H13N3.C2H8N2/c7-1-3-9-5-6-10-4-2-8;5-1-3-7-4-2-6;3-1-2-4/h9-10H,1-8H2;7H,1-6H2;1-4H2. The molecule has 0 aliphatic heterocycles. The molecule has 0 aromatic heterocycles. The van der Waals surface area contributed by atoms with Gasteiger partial charge < -0.3 is 50.4 Å². The SMILES string of the molecule is NCCN.NCCNCCN.NCCNCCNCCN. The van der Waals surface area contributed by atoms with Crippen LogP contribution in [0.5, 0.6) is 0 Å². The van der Waals surface area contributed by atoms with Crippen LogP contribution in [0.25, 0.3) is 0 Å². The Morgan fingerprint density at radius 2 is 0.571 bits per heavy atom. The predicted octanol–water partition coefficient (Wildman–Crippen LogP) is -4.52. The first kappa shape index (κ1) is 25.6. The van der Waals surface area contributed by atoms with Crippen molar-refractivity contribution < 1.29 is 0 Å². The average Bonchev–Trinajstić information content (AvgIpc) is 2.52. The highest BCUT2D eigenvalue weighted by molar-refractivity contribution is 4.51. The fourth-order valence-electron chi connectivity index (χ4n) is 0.960. The summed E-state index contributed by atoms with van der Waals surface area (Å²) >= 11 is 0. The third kappa shape index (κ3) is 45.1. The highest BCUT2D eigenvalue weighted by Gasteiger charge is 1.83. The molecule has 0 amide bonds. The maximum atomic E-state index is 5.27. The normalized spacial score (nSPS) is 9.43. The van der Waals surface area contributed by atoms with E-state index in [1.54, 1.807) is 0 Å². The lowest BCUT2D eigenvalue weighted by Gasteiger charge is -2.03. The van der Waals surface area contributed by atoms with Crippen molar-refractivity contribution in [3.8, 4) is 0 Å². The first-order valence-electron chi connectivity index (χ1n) is 7.57. The summed E-state index contributed by atoms with van der Waals surface area (Å²) < 4.78 is 0. The molecule has 0 rings (SSSR count). The molecule has 0 heterocycles. The van der Waals surface area contributed by atoms with Gasteiger partial charge in [-0.2, -0.15) is 0 Å². The lowest BCUT2D eigenvalue weighted by Crippen LogP contribution is -2.32. The second-order valence-corrected chi connectivity index (χ2v) is 3.98. The van der Waals surface area contributed by atoms with Crippen LogP contribution in [0.1, 0.15) is 0 Å². The van der Waals surface area contributed by atoms with Crippen LogP contribution in [0.15, 0.2) is 0 Å². The Hall–Kier alpha value is -0.360. The van der Waals surface area contributed by atoms with Gasteiger partial charge in [0, 0.05) is 78.5 Å². The molecule has 0 fully saturated rings. The van der Waals surface area contributed by atoms with Crippen molar-refractivity contribution in [2.24, 2.45) is 34.4 Å². The van der Waals surface area contributed by atoms with Crippen LogP contribution in [0.4, 0.5) is 0 Å². The number of hydrogen-bond donors (Lipinski definition) is 9. The van der Waals surface area contributed by atoms with E-state index in [2.05, 4.69) is 16.0 Å². The lowest BCUT2D eigenvalue weighted by atomic mass is 10.5. The van der Waals surface area contributed by atoms with Gasteiger partial charge in [-0.1, -0.05) is 0 Å². The Morgan fingerprint density at radius 3 is 0.762 bits per heavy atom. The minimum atomic E-state index is 0.597. The number of nitrogens with two attached hydrogens (primary N) is 6. The van der Waals surface area contributed by atoms with Gasteiger partial charge in [0.2, 0.25) is 0 Å². The summed E-state index contributed by atoms with van der Waals surface area (Å²) in [6, 6.07) is 0. The third-order valence-electron chi connectivity index (χ3n) is 1.93. The number of nitrogens with one attached hydrogen (secondary N) is 3. The quantitative estimate of drug-likeness (QED) is 0.160. The summed E-state index contributed by atoms with van der Waals surface area (Å²) in [6.45, 7) is 9.46. The van der Waals surface area contributed by atoms with Gasteiger partial charge in [0.15, 0.2) is 0 Å². The molecule has 21 heavy (non-hydrogen) atoms. The molecular weight excluding hydrogens is 270 g/mol. The van der Waals surface area contributed by atoms with Crippen molar-refractivity contribution in [2.45, 2.75) is 0 Å². The molecular formula is C12H39N9. The highest BCUT2D eigenvalue weighted by Crippen LogP contribution is 1.57. The van der Waals surface area contributed by atoms with Crippen molar-refractivity contribution in [1.29, 1.82) is 0 Å². The van der Waals surface area contributed by atoms with Gasteiger partial charge >= 0.3 is 0 Å². The molecule has 0 unspecified atom stereocenters. The second kappa shape index (κ2) is 31.8. The second-order valence-electron chi connectivity index (χ2n) is 3.98. The van der Waals surface area contributed by atoms with Crippen molar-refractivity contribution >= 4 is 0 Å². The average molecular weight is 310 g/mol. The molecule has 0 radical (unpaired) electrons. The van der Waals surface area contributed by atoms with E-state index in [0.717, 1.165) is 39.3 Å². The van der Waals surface area contributed by atoms with Crippen LogP contribution in [-0.4, -0.2) is 78.5 Å². The van der Waals surface area contributed by atoms with E-state index in [0.29, 0.717) is 39.3 Å². The summed E-state index contributed by atoms with van der Waals surface area (Å²) in [4.78, 5) is 0. The Balaban J connectivity index is -0.000000256. The topological polar surface area (TPSA) is 192 Å². The minimum absolute atomic E-state index is 0.597. The summed E-state index contributed by atoms with van der Waals surface area (Å²) in [5.74, 6) is 0. The van der Waals surface area contributed by atoms with E-state index in [1.165, 1.54) is 0 Å². The zero-order chi connectivity index (χ0) is 16.6. The van der Waals surface area contributed by atoms with Crippen molar-refractivity contribution in [1.82, 2.24) is 16.0 Å². The van der Waals surface area contributed by atoms with E-state index >= 15 is 0 Å². The van der Waals surface area contributed by atoms with Crippen LogP contribution in [0.2, 0.25) is 0 Å². The van der Waals surface area contributed by atoms with Gasteiger partial charge in [-0.15, -0.1) is 0 Å². The molecule has 0 atom stereocenters. The van der Waals surface area contributed by atoms with Crippen molar-refractivity contribution in [2.75, 3.05) is 78.5 Å². The molecule has 0 bridgehead atoms. The van der Waals surface area contributed by atoms with E-state index in [1.807, 2.05) is 0 Å². The van der Waals surface area contributed by atoms with E-state index in [9.17, 15) is 0 Å². The smallest absolute Gasteiger partial charge is 0.00772 e. The van der Waals surface area contributed by atoms with Crippen LogP contribution >= 0.6 is 0 Å². The number of rotatable bonds is 12. The molecule has 0 saturated heterocycles. The largest absolute Gasteiger partial charge is 0.329 e. The van der Waals surface area contributed by atoms with Gasteiger partial charge in [-0.25, -0.2) is 0 Å². The molecule has 0 saturated carbocycles. The van der Waals surface area contributed by atoms with Gasteiger partial charge in [0.05, 0.1) is 0 Å². The highest BCUT2D eigenvalue weighted by atomic mass is 14.9. The third-order valence-corrected chi connectivity index (χ3v) is 1.93. The van der Waals surface area contributed by atoms with Crippen molar-refractivity contribution in [3.63, 3.8) is 0 Å². The Bertz CT molecular complexity index is 124. The lowest BCUT2D eigenvalue weighted by molar-refractivity contribution is 0.618. The van der Waals surface area contributed by atoms with E-state index < -0.39 is 0 Å². The molecule has 0 aromatic carbocycles. The molecule has 0 aromatic rings. The molecule has 132 valence electrons. The summed E-state index contributed by atoms with van der Waals surface area (Å²) in [5.41, 5.74) is 30.7. The maximum absolute atomic E-state index is 5.27. The van der Waals surface area contributed by atoms with Gasteiger partial charge in [-0.05, 0) is 0 Å². The molecule has 9 heteroatoms. The molecule has 0 aliphatic rings. The van der Waals surface area contributed by atoms with Gasteiger partial charge in [0.25, 0.3) is 0 Å². The number of hydrogen-bond acceptors (Lipinski definition) is 9. The Labute approximate surface area is 129 Å². The van der Waals surface area contributed by atoms with Gasteiger partial charge in [-0.3, -0.25) is 0 Å². The maximum Gasteiger partial charge on any atom is 0.00772 e. The Kier molecular flexibility index (Phi) is 38.8. The zero-order valence-electron chi connectivity index (χ0n) is 13.4.